The fourth-order valence-corrected chi connectivity index (χ4v) is 3.24. The van der Waals surface area contributed by atoms with E-state index in [0.717, 1.165) is 24.9 Å². The largest absolute Gasteiger partial charge is 0.480 e. The molecule has 2 N–H and O–H groups in total. The molecule has 1 aromatic heterocycles. The van der Waals surface area contributed by atoms with E-state index in [4.69, 9.17) is 5.11 Å². The number of aryl methyl sites for hydroxylation is 1. The lowest BCUT2D eigenvalue weighted by molar-refractivity contribution is -0.137. The number of carboxylic acid groups (broad SMARTS) is 1. The van der Waals surface area contributed by atoms with Gasteiger partial charge in [-0.1, -0.05) is 25.5 Å². The number of rotatable bonds is 8. The molecular formula is C20H24N4O4. The van der Waals surface area contributed by atoms with Crippen LogP contribution in [0.3, 0.4) is 0 Å². The highest BCUT2D eigenvalue weighted by Crippen LogP contribution is 2.26. The van der Waals surface area contributed by atoms with Crippen LogP contribution in [-0.2, 0) is 27.3 Å². The Kier molecular flexibility index (Phi) is 6.08. The first kappa shape index (κ1) is 19.6. The minimum absolute atomic E-state index is 0.0853. The van der Waals surface area contributed by atoms with Crippen LogP contribution < -0.4 is 10.2 Å². The van der Waals surface area contributed by atoms with Gasteiger partial charge in [0.1, 0.15) is 6.54 Å². The Balaban J connectivity index is 1.59. The van der Waals surface area contributed by atoms with Crippen molar-refractivity contribution < 1.29 is 19.5 Å². The fraction of sp³-hybridized carbons (Fsp3) is 0.400. The maximum atomic E-state index is 12.5. The Bertz CT molecular complexity index is 859. The molecule has 28 heavy (non-hydrogen) atoms. The molecule has 1 aromatic carbocycles. The molecule has 8 nitrogen and oxygen atoms in total. The molecule has 0 radical (unpaired) electrons. The number of carbonyl (C=O) groups is 3. The summed E-state index contributed by atoms with van der Waals surface area (Å²) >= 11 is 0. The van der Waals surface area contributed by atoms with E-state index in [2.05, 4.69) is 17.3 Å². The number of nitrogens with one attached hydrogen (secondary N) is 1. The van der Waals surface area contributed by atoms with Gasteiger partial charge in [-0.05, 0) is 30.5 Å². The van der Waals surface area contributed by atoms with Crippen molar-refractivity contribution in [2.24, 2.45) is 5.92 Å². The first-order chi connectivity index (χ1) is 13.5. The molecule has 1 atom stereocenters. The zero-order valence-corrected chi connectivity index (χ0v) is 15.8. The van der Waals surface area contributed by atoms with Gasteiger partial charge in [0.05, 0.1) is 5.92 Å². The number of unbranched alkanes of at least 4 members (excludes halogenated alkanes) is 1. The summed E-state index contributed by atoms with van der Waals surface area (Å²) < 4.78 is 1.23. The number of nitrogens with zero attached hydrogens (tertiary/aromatic N) is 3. The van der Waals surface area contributed by atoms with Crippen LogP contribution in [0.4, 0.5) is 11.5 Å². The Morgan fingerprint density at radius 1 is 1.25 bits per heavy atom. The molecule has 2 heterocycles. The van der Waals surface area contributed by atoms with Gasteiger partial charge in [-0.15, -0.1) is 0 Å². The second-order valence-corrected chi connectivity index (χ2v) is 6.96. The summed E-state index contributed by atoms with van der Waals surface area (Å²) in [5.74, 6) is -1.60. The fourth-order valence-electron chi connectivity index (χ4n) is 3.24. The molecule has 0 saturated carbocycles. The Morgan fingerprint density at radius 2 is 2.00 bits per heavy atom. The molecule has 148 valence electrons. The summed E-state index contributed by atoms with van der Waals surface area (Å²) in [5.41, 5.74) is 2.04. The van der Waals surface area contributed by atoms with Crippen molar-refractivity contribution in [3.05, 3.63) is 42.1 Å². The van der Waals surface area contributed by atoms with Gasteiger partial charge in [0.15, 0.2) is 5.82 Å². The van der Waals surface area contributed by atoms with Crippen LogP contribution in [0.15, 0.2) is 36.5 Å². The Labute approximate surface area is 163 Å². The van der Waals surface area contributed by atoms with Gasteiger partial charge < -0.3 is 15.3 Å². The highest BCUT2D eigenvalue weighted by molar-refractivity contribution is 6.03. The average molecular weight is 384 g/mol. The Morgan fingerprint density at radius 3 is 2.68 bits per heavy atom. The van der Waals surface area contributed by atoms with Crippen molar-refractivity contribution in [2.45, 2.75) is 39.2 Å². The van der Waals surface area contributed by atoms with Crippen LogP contribution in [0.1, 0.15) is 31.7 Å². The van der Waals surface area contributed by atoms with Crippen molar-refractivity contribution in [3.8, 4) is 0 Å². The van der Waals surface area contributed by atoms with E-state index in [1.165, 1.54) is 22.5 Å². The maximum absolute atomic E-state index is 12.5. The third-order valence-corrected chi connectivity index (χ3v) is 4.75. The standard InChI is InChI=1S/C20H24N4O4/c1-2-3-4-14-5-7-16(8-6-14)24-12-15(11-18(24)25)20(28)21-17-9-10-23(22-17)13-19(26)27/h5-10,15H,2-4,11-13H2,1H3,(H,26,27)(H,21,22,28). The molecule has 1 fully saturated rings. The quantitative estimate of drug-likeness (QED) is 0.727. The highest BCUT2D eigenvalue weighted by atomic mass is 16.4. The molecule has 1 aliphatic heterocycles. The number of aromatic nitrogens is 2. The third-order valence-electron chi connectivity index (χ3n) is 4.75. The number of anilines is 2. The predicted octanol–water partition coefficient (Wildman–Crippen LogP) is 2.30. The molecule has 1 aliphatic rings. The van der Waals surface area contributed by atoms with Crippen LogP contribution in [-0.4, -0.2) is 39.2 Å². The molecule has 1 saturated heterocycles. The normalized spacial score (nSPS) is 16.4. The summed E-state index contributed by atoms with van der Waals surface area (Å²) in [6.07, 6.45) is 4.91. The number of hydrogen-bond acceptors (Lipinski definition) is 4. The van der Waals surface area contributed by atoms with Crippen molar-refractivity contribution in [1.82, 2.24) is 9.78 Å². The van der Waals surface area contributed by atoms with Crippen LogP contribution in [0.25, 0.3) is 0 Å². The molecule has 2 amide bonds. The minimum Gasteiger partial charge on any atom is -0.480 e. The number of aliphatic carboxylic acids is 1. The van der Waals surface area contributed by atoms with Crippen LogP contribution in [0.2, 0.25) is 0 Å². The van der Waals surface area contributed by atoms with E-state index in [0.29, 0.717) is 6.54 Å². The molecular weight excluding hydrogens is 360 g/mol. The number of amides is 2. The molecule has 0 bridgehead atoms. The van der Waals surface area contributed by atoms with Crippen LogP contribution >= 0.6 is 0 Å². The van der Waals surface area contributed by atoms with Gasteiger partial charge in [-0.3, -0.25) is 19.1 Å². The minimum atomic E-state index is -1.02. The zero-order chi connectivity index (χ0) is 20.1. The molecule has 2 aromatic rings. The van der Waals surface area contributed by atoms with E-state index in [1.54, 1.807) is 4.90 Å². The summed E-state index contributed by atoms with van der Waals surface area (Å²) in [6, 6.07) is 9.44. The van der Waals surface area contributed by atoms with E-state index in [-0.39, 0.29) is 30.6 Å². The van der Waals surface area contributed by atoms with Crippen molar-refractivity contribution in [3.63, 3.8) is 0 Å². The van der Waals surface area contributed by atoms with Crippen LogP contribution in [0.5, 0.6) is 0 Å². The van der Waals surface area contributed by atoms with E-state index >= 15 is 0 Å². The molecule has 1 unspecified atom stereocenters. The second kappa shape index (κ2) is 8.69. The van der Waals surface area contributed by atoms with E-state index in [9.17, 15) is 14.4 Å². The van der Waals surface area contributed by atoms with Gasteiger partial charge >= 0.3 is 5.97 Å². The van der Waals surface area contributed by atoms with Gasteiger partial charge in [0.2, 0.25) is 11.8 Å². The number of benzene rings is 1. The SMILES string of the molecule is CCCCc1ccc(N2CC(C(=O)Nc3ccn(CC(=O)O)n3)CC2=O)cc1. The molecule has 0 spiro atoms. The van der Waals surface area contributed by atoms with Gasteiger partial charge in [-0.25, -0.2) is 0 Å². The summed E-state index contributed by atoms with van der Waals surface area (Å²) in [5, 5.41) is 15.4. The number of hydrogen-bond donors (Lipinski definition) is 2. The monoisotopic (exact) mass is 384 g/mol. The lowest BCUT2D eigenvalue weighted by Gasteiger charge is -2.17. The van der Waals surface area contributed by atoms with Crippen molar-refractivity contribution in [1.29, 1.82) is 0 Å². The Hall–Kier alpha value is -3.16. The summed E-state index contributed by atoms with van der Waals surface area (Å²) in [6.45, 7) is 2.19. The van der Waals surface area contributed by atoms with Crippen LogP contribution in [0, 0.1) is 5.92 Å². The summed E-state index contributed by atoms with van der Waals surface area (Å²) in [4.78, 5) is 37.2. The average Bonchev–Trinajstić information content (AvgIpc) is 3.26. The molecule has 0 aliphatic carbocycles. The van der Waals surface area contributed by atoms with E-state index in [1.807, 2.05) is 24.3 Å². The predicted molar refractivity (Wildman–Crippen MR) is 104 cm³/mol. The van der Waals surface area contributed by atoms with Crippen molar-refractivity contribution in [2.75, 3.05) is 16.8 Å². The first-order valence-electron chi connectivity index (χ1n) is 9.41. The van der Waals surface area contributed by atoms with Gasteiger partial charge in [-0.2, -0.15) is 5.10 Å². The van der Waals surface area contributed by atoms with E-state index < -0.39 is 11.9 Å². The lowest BCUT2D eigenvalue weighted by Crippen LogP contribution is -2.28. The van der Waals surface area contributed by atoms with Crippen molar-refractivity contribution >= 4 is 29.3 Å². The lowest BCUT2D eigenvalue weighted by atomic mass is 10.1. The van der Waals surface area contributed by atoms with Gasteiger partial charge in [0.25, 0.3) is 0 Å². The third kappa shape index (κ3) is 4.76. The first-order valence-corrected chi connectivity index (χ1v) is 9.41. The second-order valence-electron chi connectivity index (χ2n) is 6.96. The smallest absolute Gasteiger partial charge is 0.325 e. The number of carboxylic acids is 1. The zero-order valence-electron chi connectivity index (χ0n) is 15.8. The highest BCUT2D eigenvalue weighted by Gasteiger charge is 2.35. The van der Waals surface area contributed by atoms with Gasteiger partial charge in [0, 0.05) is 30.9 Å². The molecule has 3 rings (SSSR count). The maximum Gasteiger partial charge on any atom is 0.325 e. The topological polar surface area (TPSA) is 105 Å². The number of carbonyl (C=O) groups excluding carboxylic acids is 2. The summed E-state index contributed by atoms with van der Waals surface area (Å²) in [7, 11) is 0. The molecule has 8 heteroatoms.